The molecule has 1 aromatic carbocycles. The van der Waals surface area contributed by atoms with Gasteiger partial charge in [-0.05, 0) is 30.7 Å². The lowest BCUT2D eigenvalue weighted by Crippen LogP contribution is -2.06. The van der Waals surface area contributed by atoms with E-state index in [-0.39, 0.29) is 11.9 Å². The molecule has 26 heavy (non-hydrogen) atoms. The molecule has 138 valence electrons. The molecule has 0 saturated heterocycles. The van der Waals surface area contributed by atoms with Gasteiger partial charge < -0.3 is 19.5 Å². The number of hydrogen-bond donors (Lipinski definition) is 1. The average molecular weight is 379 g/mol. The molecule has 0 fully saturated rings. The maximum absolute atomic E-state index is 11.4. The molecule has 9 heteroatoms. The monoisotopic (exact) mass is 378 g/mol. The fraction of sp³-hybridized carbons (Fsp3) is 0.294. The first kappa shape index (κ1) is 19.5. The van der Waals surface area contributed by atoms with Gasteiger partial charge in [0.1, 0.15) is 23.4 Å². The molecule has 1 heterocycles. The Morgan fingerprint density at radius 1 is 1.35 bits per heavy atom. The van der Waals surface area contributed by atoms with Crippen LogP contribution in [0.25, 0.3) is 0 Å². The zero-order valence-electron chi connectivity index (χ0n) is 14.7. The molecule has 0 aliphatic carbocycles. The van der Waals surface area contributed by atoms with Crippen molar-refractivity contribution >= 4 is 35.3 Å². The quantitative estimate of drug-likeness (QED) is 0.428. The van der Waals surface area contributed by atoms with Crippen LogP contribution in [0.1, 0.15) is 12.5 Å². The summed E-state index contributed by atoms with van der Waals surface area (Å²) in [5, 5.41) is 3.18. The zero-order valence-corrected chi connectivity index (χ0v) is 15.4. The summed E-state index contributed by atoms with van der Waals surface area (Å²) in [6.45, 7) is 2.37. The van der Waals surface area contributed by atoms with Crippen LogP contribution < -0.4 is 14.8 Å². The number of hydrogen-bond acceptors (Lipinski definition) is 8. The highest BCUT2D eigenvalue weighted by molar-refractivity contribution is 6.28. The molecular formula is C17H19ClN4O4. The highest BCUT2D eigenvalue weighted by Gasteiger charge is 2.09. The molecule has 2 aromatic rings. The molecule has 1 aromatic heterocycles. The molecule has 1 N–H and O–H groups in total. The Bertz CT molecular complexity index is 798. The second-order valence-corrected chi connectivity index (χ2v) is 5.25. The van der Waals surface area contributed by atoms with E-state index in [1.54, 1.807) is 27.2 Å². The van der Waals surface area contributed by atoms with Crippen molar-refractivity contribution in [3.05, 3.63) is 35.2 Å². The van der Waals surface area contributed by atoms with Crippen LogP contribution in [0.2, 0.25) is 5.28 Å². The summed E-state index contributed by atoms with van der Waals surface area (Å²) < 4.78 is 15.4. The maximum atomic E-state index is 11.4. The van der Waals surface area contributed by atoms with E-state index in [0.717, 1.165) is 11.8 Å². The Hall–Kier alpha value is -2.87. The van der Waals surface area contributed by atoms with Crippen LogP contribution in [-0.4, -0.2) is 43.0 Å². The summed E-state index contributed by atoms with van der Waals surface area (Å²) in [7, 11) is 3.16. The van der Waals surface area contributed by atoms with Crippen molar-refractivity contribution in [2.45, 2.75) is 13.5 Å². The number of ether oxygens (including phenoxy) is 3. The van der Waals surface area contributed by atoms with Crippen LogP contribution in [0.5, 0.6) is 11.5 Å². The van der Waals surface area contributed by atoms with Gasteiger partial charge in [-0.3, -0.25) is 0 Å². The number of carbonyl (C=O) groups is 1. The molecule has 8 nitrogen and oxygen atoms in total. The zero-order chi connectivity index (χ0) is 18.9. The van der Waals surface area contributed by atoms with Crippen molar-refractivity contribution < 1.29 is 19.0 Å². The maximum Gasteiger partial charge on any atom is 0.349 e. The smallest absolute Gasteiger partial charge is 0.349 e. The predicted molar refractivity (Wildman–Crippen MR) is 98.7 cm³/mol. The van der Waals surface area contributed by atoms with Crippen LogP contribution >= 0.6 is 11.6 Å². The van der Waals surface area contributed by atoms with Crippen molar-refractivity contribution in [2.75, 3.05) is 26.1 Å². The number of esters is 1. The Kier molecular flexibility index (Phi) is 7.16. The standard InChI is InChI=1S/C17H19ClN4O4/c1-4-26-15(23)10-19-13-9-21-17(18)22-16(13)20-8-11-5-6-12(24-2)7-14(11)25-3/h5-7,9-10H,4,8H2,1-3H3,(H,20,21,22). The number of nitrogens with one attached hydrogen (secondary N) is 1. The van der Waals surface area contributed by atoms with Crippen molar-refractivity contribution in [1.82, 2.24) is 9.97 Å². The normalized spacial score (nSPS) is 10.6. The van der Waals surface area contributed by atoms with Crippen LogP contribution in [0.3, 0.4) is 0 Å². The lowest BCUT2D eigenvalue weighted by molar-refractivity contribution is -0.134. The van der Waals surface area contributed by atoms with Crippen molar-refractivity contribution in [3.8, 4) is 11.5 Å². The van der Waals surface area contributed by atoms with Crippen LogP contribution in [0.4, 0.5) is 11.5 Å². The van der Waals surface area contributed by atoms with E-state index < -0.39 is 5.97 Å². The number of anilines is 1. The van der Waals surface area contributed by atoms with Gasteiger partial charge in [-0.1, -0.05) is 0 Å². The Balaban J connectivity index is 2.19. The van der Waals surface area contributed by atoms with E-state index in [9.17, 15) is 4.79 Å². The second-order valence-electron chi connectivity index (χ2n) is 4.91. The molecule has 0 bridgehead atoms. The summed E-state index contributed by atoms with van der Waals surface area (Å²) in [6, 6.07) is 5.48. The topological polar surface area (TPSA) is 94.9 Å². The predicted octanol–water partition coefficient (Wildman–Crippen LogP) is 3.02. The molecule has 0 aliphatic heterocycles. The van der Waals surface area contributed by atoms with E-state index in [4.69, 9.17) is 25.8 Å². The Morgan fingerprint density at radius 2 is 2.15 bits per heavy atom. The van der Waals surface area contributed by atoms with E-state index in [0.29, 0.717) is 29.5 Å². The fourth-order valence-corrected chi connectivity index (χ4v) is 2.19. The summed E-state index contributed by atoms with van der Waals surface area (Å²) in [5.41, 5.74) is 1.23. The first-order valence-electron chi connectivity index (χ1n) is 7.75. The minimum absolute atomic E-state index is 0.0595. The number of halogens is 1. The number of methoxy groups -OCH3 is 2. The van der Waals surface area contributed by atoms with Gasteiger partial charge in [-0.2, -0.15) is 4.98 Å². The summed E-state index contributed by atoms with van der Waals surface area (Å²) in [4.78, 5) is 23.5. The molecular weight excluding hydrogens is 360 g/mol. The molecule has 0 radical (unpaired) electrons. The average Bonchev–Trinajstić information content (AvgIpc) is 2.65. The van der Waals surface area contributed by atoms with Crippen LogP contribution in [0.15, 0.2) is 29.4 Å². The fourth-order valence-electron chi connectivity index (χ4n) is 2.06. The highest BCUT2D eigenvalue weighted by atomic mass is 35.5. The van der Waals surface area contributed by atoms with Gasteiger partial charge in [0.25, 0.3) is 0 Å². The lowest BCUT2D eigenvalue weighted by Gasteiger charge is -2.12. The second kappa shape index (κ2) is 9.57. The summed E-state index contributed by atoms with van der Waals surface area (Å²) >= 11 is 5.86. The van der Waals surface area contributed by atoms with Gasteiger partial charge in [0.15, 0.2) is 5.82 Å². The molecule has 0 amide bonds. The van der Waals surface area contributed by atoms with Gasteiger partial charge in [0, 0.05) is 18.2 Å². The highest BCUT2D eigenvalue weighted by Crippen LogP contribution is 2.27. The minimum atomic E-state index is -0.551. The Morgan fingerprint density at radius 3 is 2.85 bits per heavy atom. The lowest BCUT2D eigenvalue weighted by atomic mass is 10.2. The first-order valence-corrected chi connectivity index (χ1v) is 8.13. The van der Waals surface area contributed by atoms with Crippen LogP contribution in [-0.2, 0) is 16.1 Å². The molecule has 0 atom stereocenters. The van der Waals surface area contributed by atoms with Gasteiger partial charge in [0.2, 0.25) is 5.28 Å². The number of benzene rings is 1. The number of aliphatic imine (C=N–C) groups is 1. The number of aromatic nitrogens is 2. The summed E-state index contributed by atoms with van der Waals surface area (Å²) in [6.07, 6.45) is 2.48. The minimum Gasteiger partial charge on any atom is -0.497 e. The van der Waals surface area contributed by atoms with E-state index >= 15 is 0 Å². The summed E-state index contributed by atoms with van der Waals surface area (Å²) in [5.74, 6) is 1.18. The van der Waals surface area contributed by atoms with Gasteiger partial charge in [0.05, 0.1) is 27.0 Å². The molecule has 0 saturated carbocycles. The van der Waals surface area contributed by atoms with E-state index in [2.05, 4.69) is 20.3 Å². The Labute approximate surface area is 156 Å². The van der Waals surface area contributed by atoms with Crippen molar-refractivity contribution in [1.29, 1.82) is 0 Å². The van der Waals surface area contributed by atoms with Crippen molar-refractivity contribution in [3.63, 3.8) is 0 Å². The SMILES string of the molecule is CCOC(=O)C=Nc1cnc(Cl)nc1NCc1ccc(OC)cc1OC. The molecule has 2 rings (SSSR count). The first-order chi connectivity index (χ1) is 12.6. The van der Waals surface area contributed by atoms with Gasteiger partial charge in [-0.15, -0.1) is 0 Å². The molecule has 0 spiro atoms. The molecule has 0 aliphatic rings. The third kappa shape index (κ3) is 5.32. The van der Waals surface area contributed by atoms with Crippen molar-refractivity contribution in [2.24, 2.45) is 4.99 Å². The largest absolute Gasteiger partial charge is 0.497 e. The van der Waals surface area contributed by atoms with E-state index in [1.165, 1.54) is 6.20 Å². The number of carbonyl (C=O) groups excluding carboxylic acids is 1. The van der Waals surface area contributed by atoms with Crippen LogP contribution in [0, 0.1) is 0 Å². The van der Waals surface area contributed by atoms with E-state index in [1.807, 2.05) is 12.1 Å². The number of nitrogens with zero attached hydrogens (tertiary/aromatic N) is 3. The van der Waals surface area contributed by atoms with Gasteiger partial charge in [-0.25, -0.2) is 14.8 Å². The third-order valence-corrected chi connectivity index (χ3v) is 3.46. The number of rotatable bonds is 8. The third-order valence-electron chi connectivity index (χ3n) is 3.28. The van der Waals surface area contributed by atoms with Gasteiger partial charge >= 0.3 is 5.97 Å². The molecule has 0 unspecified atom stereocenters.